The molecule has 1 aliphatic carbocycles. The summed E-state index contributed by atoms with van der Waals surface area (Å²) in [6.07, 6.45) is 17.3. The fourth-order valence-corrected chi connectivity index (χ4v) is 5.91. The summed E-state index contributed by atoms with van der Waals surface area (Å²) in [5.41, 5.74) is 3.11. The van der Waals surface area contributed by atoms with Crippen LogP contribution in [0.3, 0.4) is 0 Å². The summed E-state index contributed by atoms with van der Waals surface area (Å²) in [6, 6.07) is 8.93. The molecule has 3 nitrogen and oxygen atoms in total. The van der Waals surface area contributed by atoms with Crippen molar-refractivity contribution in [3.05, 3.63) is 47.5 Å². The van der Waals surface area contributed by atoms with Crippen molar-refractivity contribution in [3.63, 3.8) is 0 Å². The van der Waals surface area contributed by atoms with Crippen LogP contribution in [0, 0.1) is 12.3 Å². The van der Waals surface area contributed by atoms with E-state index >= 15 is 0 Å². The summed E-state index contributed by atoms with van der Waals surface area (Å²) in [5, 5.41) is 3.75. The van der Waals surface area contributed by atoms with Gasteiger partial charge in [-0.2, -0.15) is 0 Å². The number of ether oxygens (including phenoxy) is 1. The van der Waals surface area contributed by atoms with Crippen LogP contribution in [-0.2, 0) is 11.2 Å². The van der Waals surface area contributed by atoms with Gasteiger partial charge in [0.2, 0.25) is 0 Å². The molecule has 2 fully saturated rings. The molecule has 3 aliphatic rings. The second-order valence-corrected chi connectivity index (χ2v) is 9.87. The summed E-state index contributed by atoms with van der Waals surface area (Å²) in [4.78, 5) is 5.07. The van der Waals surface area contributed by atoms with Crippen molar-refractivity contribution in [2.75, 3.05) is 19.7 Å². The second kappa shape index (κ2) is 8.73. The average Bonchev–Trinajstić information content (AvgIpc) is 3.17. The third-order valence-electron chi connectivity index (χ3n) is 7.90. The molecular weight excluding hydrogens is 356 g/mol. The van der Waals surface area contributed by atoms with E-state index in [0.717, 1.165) is 39.0 Å². The van der Waals surface area contributed by atoms with Crippen LogP contribution in [0.2, 0.25) is 0 Å². The molecular formula is C26H38N2O. The Morgan fingerprint density at radius 1 is 1.07 bits per heavy atom. The smallest absolute Gasteiger partial charge is 0.0688 e. The number of nitrogens with zero attached hydrogens (tertiary/aromatic N) is 1. The highest BCUT2D eigenvalue weighted by atomic mass is 16.5. The van der Waals surface area contributed by atoms with Crippen molar-refractivity contribution in [3.8, 4) is 0 Å². The third-order valence-corrected chi connectivity index (χ3v) is 7.90. The molecule has 1 unspecified atom stereocenters. The van der Waals surface area contributed by atoms with Gasteiger partial charge in [0.1, 0.15) is 0 Å². The number of rotatable bonds is 7. The molecule has 1 spiro atoms. The van der Waals surface area contributed by atoms with Crippen molar-refractivity contribution in [2.24, 2.45) is 10.4 Å². The fourth-order valence-electron chi connectivity index (χ4n) is 5.91. The van der Waals surface area contributed by atoms with Crippen LogP contribution in [-0.4, -0.2) is 37.1 Å². The number of aliphatic imine (C=N–C) groups is 1. The van der Waals surface area contributed by atoms with E-state index in [1.165, 1.54) is 49.7 Å². The van der Waals surface area contributed by atoms with E-state index in [4.69, 9.17) is 9.73 Å². The maximum Gasteiger partial charge on any atom is 0.0688 e. The number of benzene rings is 1. The van der Waals surface area contributed by atoms with Gasteiger partial charge >= 0.3 is 0 Å². The van der Waals surface area contributed by atoms with Crippen molar-refractivity contribution < 1.29 is 4.74 Å². The molecule has 1 saturated heterocycles. The first kappa shape index (κ1) is 20.8. The second-order valence-electron chi connectivity index (χ2n) is 9.87. The monoisotopic (exact) mass is 394 g/mol. The largest absolute Gasteiger partial charge is 0.375 e. The quantitative estimate of drug-likeness (QED) is 0.627. The normalized spacial score (nSPS) is 30.8. The van der Waals surface area contributed by atoms with Crippen molar-refractivity contribution in [2.45, 2.75) is 82.8 Å². The number of aryl methyl sites for hydroxylation is 1. The van der Waals surface area contributed by atoms with Crippen LogP contribution in [0.5, 0.6) is 0 Å². The molecule has 4 rings (SSSR count). The Morgan fingerprint density at radius 3 is 2.59 bits per heavy atom. The molecule has 1 saturated carbocycles. The van der Waals surface area contributed by atoms with E-state index in [9.17, 15) is 0 Å². The molecule has 0 radical (unpaired) electrons. The average molecular weight is 395 g/mol. The lowest BCUT2D eigenvalue weighted by atomic mass is 9.58. The fraction of sp³-hybridized carbons (Fsp3) is 0.654. The molecule has 1 aromatic rings. The topological polar surface area (TPSA) is 33.6 Å². The van der Waals surface area contributed by atoms with Gasteiger partial charge < -0.3 is 10.1 Å². The molecule has 29 heavy (non-hydrogen) atoms. The highest BCUT2D eigenvalue weighted by molar-refractivity contribution is 5.72. The lowest BCUT2D eigenvalue weighted by Gasteiger charge is -2.54. The van der Waals surface area contributed by atoms with Crippen LogP contribution in [0.25, 0.3) is 0 Å². The highest BCUT2D eigenvalue weighted by Crippen LogP contribution is 2.56. The van der Waals surface area contributed by atoms with Gasteiger partial charge in [-0.15, -0.1) is 0 Å². The Kier molecular flexibility index (Phi) is 6.27. The van der Waals surface area contributed by atoms with Gasteiger partial charge in [-0.05, 0) is 83.5 Å². The van der Waals surface area contributed by atoms with Crippen LogP contribution < -0.4 is 5.32 Å². The standard InChI is InChI=1S/C26H38N2O/c1-22-7-9-23(10-8-22)11-18-27-19-15-25(24(2)12-5-6-17-28-24)16-20-29-26(21-25)13-3-4-14-26/h5-10,17,27H,3-4,11-16,18-21H2,1-2H3/t24?,25-/m1/s1. The Morgan fingerprint density at radius 2 is 1.86 bits per heavy atom. The molecule has 2 heterocycles. The van der Waals surface area contributed by atoms with Gasteiger partial charge in [-0.25, -0.2) is 0 Å². The molecule has 2 atom stereocenters. The summed E-state index contributed by atoms with van der Waals surface area (Å²) < 4.78 is 6.42. The minimum atomic E-state index is -0.000241. The van der Waals surface area contributed by atoms with Gasteiger partial charge in [-0.1, -0.05) is 48.7 Å². The maximum atomic E-state index is 6.42. The first-order chi connectivity index (χ1) is 14.1. The van der Waals surface area contributed by atoms with Crippen LogP contribution >= 0.6 is 0 Å². The number of allylic oxidation sites excluding steroid dienone is 1. The van der Waals surface area contributed by atoms with Gasteiger partial charge in [0.15, 0.2) is 0 Å². The van der Waals surface area contributed by atoms with Crippen molar-refractivity contribution >= 4 is 6.21 Å². The predicted octanol–water partition coefficient (Wildman–Crippen LogP) is 5.42. The van der Waals surface area contributed by atoms with Gasteiger partial charge in [0.05, 0.1) is 11.1 Å². The summed E-state index contributed by atoms with van der Waals surface area (Å²) in [7, 11) is 0. The zero-order valence-electron chi connectivity index (χ0n) is 18.4. The third kappa shape index (κ3) is 4.51. The van der Waals surface area contributed by atoms with Crippen molar-refractivity contribution in [1.29, 1.82) is 0 Å². The first-order valence-corrected chi connectivity index (χ1v) is 11.7. The predicted molar refractivity (Wildman–Crippen MR) is 122 cm³/mol. The molecule has 158 valence electrons. The Balaban J connectivity index is 1.40. The molecule has 1 N–H and O–H groups in total. The molecule has 3 heteroatoms. The lowest BCUT2D eigenvalue weighted by molar-refractivity contribution is -0.143. The van der Waals surface area contributed by atoms with Crippen LogP contribution in [0.4, 0.5) is 0 Å². The van der Waals surface area contributed by atoms with Crippen molar-refractivity contribution in [1.82, 2.24) is 5.32 Å². The van der Waals surface area contributed by atoms with E-state index < -0.39 is 0 Å². The van der Waals surface area contributed by atoms with E-state index in [2.05, 4.69) is 55.6 Å². The molecule has 2 aliphatic heterocycles. The number of nitrogens with one attached hydrogen (secondary N) is 1. The zero-order chi connectivity index (χ0) is 20.2. The SMILES string of the molecule is Cc1ccc(CCNCC[C@@]2(C3(C)CC=CC=N3)CCOC3(CCCC3)C2)cc1. The van der Waals surface area contributed by atoms with E-state index in [0.29, 0.717) is 0 Å². The first-order valence-electron chi connectivity index (χ1n) is 11.7. The minimum Gasteiger partial charge on any atom is -0.375 e. The summed E-state index contributed by atoms with van der Waals surface area (Å²) in [6.45, 7) is 7.55. The zero-order valence-corrected chi connectivity index (χ0v) is 18.4. The maximum absolute atomic E-state index is 6.42. The Labute approximate surface area is 177 Å². The highest BCUT2D eigenvalue weighted by Gasteiger charge is 2.55. The molecule has 0 aromatic heterocycles. The number of dihydropyridines is 1. The van der Waals surface area contributed by atoms with E-state index in [1.807, 2.05) is 6.21 Å². The summed E-state index contributed by atoms with van der Waals surface area (Å²) >= 11 is 0. The molecule has 0 bridgehead atoms. The van der Waals surface area contributed by atoms with E-state index in [1.54, 1.807) is 0 Å². The number of hydrogen-bond acceptors (Lipinski definition) is 3. The van der Waals surface area contributed by atoms with Gasteiger partial charge in [0, 0.05) is 18.2 Å². The Hall–Kier alpha value is -1.45. The molecule has 0 amide bonds. The lowest BCUT2D eigenvalue weighted by Crippen LogP contribution is -2.55. The van der Waals surface area contributed by atoms with Crippen LogP contribution in [0.1, 0.15) is 69.4 Å². The summed E-state index contributed by atoms with van der Waals surface area (Å²) in [5.74, 6) is 0. The molecule has 1 aromatic carbocycles. The number of hydrogen-bond donors (Lipinski definition) is 1. The van der Waals surface area contributed by atoms with E-state index in [-0.39, 0.29) is 16.6 Å². The Bertz CT molecular complexity index is 732. The van der Waals surface area contributed by atoms with Gasteiger partial charge in [0.25, 0.3) is 0 Å². The van der Waals surface area contributed by atoms with Crippen LogP contribution in [0.15, 0.2) is 41.4 Å². The minimum absolute atomic E-state index is 0.000241. The van der Waals surface area contributed by atoms with Gasteiger partial charge in [-0.3, -0.25) is 4.99 Å².